The Hall–Kier alpha value is -2.30. The van der Waals surface area contributed by atoms with E-state index in [0.29, 0.717) is 12.5 Å². The number of urea groups is 1. The van der Waals surface area contributed by atoms with Gasteiger partial charge in [0, 0.05) is 25.8 Å². The third kappa shape index (κ3) is 3.23. The quantitative estimate of drug-likeness (QED) is 0.941. The fraction of sp³-hybridized carbons (Fsp3) is 0.444. The van der Waals surface area contributed by atoms with Crippen LogP contribution in [0, 0.1) is 0 Å². The van der Waals surface area contributed by atoms with E-state index in [1.54, 1.807) is 10.9 Å². The zero-order valence-electron chi connectivity index (χ0n) is 14.0. The van der Waals surface area contributed by atoms with Gasteiger partial charge in [-0.1, -0.05) is 32.0 Å². The van der Waals surface area contributed by atoms with Crippen molar-refractivity contribution >= 4 is 11.7 Å². The Kier molecular flexibility index (Phi) is 4.37. The van der Waals surface area contributed by atoms with Gasteiger partial charge in [0.25, 0.3) is 0 Å². The molecule has 5 nitrogen and oxygen atoms in total. The maximum absolute atomic E-state index is 12.5. The smallest absolute Gasteiger partial charge is 0.320 e. The molecule has 0 unspecified atom stereocenters. The highest BCUT2D eigenvalue weighted by molar-refractivity contribution is 5.89. The van der Waals surface area contributed by atoms with Crippen molar-refractivity contribution in [2.24, 2.45) is 0 Å². The first kappa shape index (κ1) is 15.6. The van der Waals surface area contributed by atoms with E-state index in [9.17, 15) is 4.79 Å². The average molecular weight is 312 g/mol. The van der Waals surface area contributed by atoms with Gasteiger partial charge >= 0.3 is 6.03 Å². The average Bonchev–Trinajstić information content (AvgIpc) is 3.01. The molecule has 1 aliphatic heterocycles. The van der Waals surface area contributed by atoms with Crippen LogP contribution in [0.2, 0.25) is 0 Å². The first-order chi connectivity index (χ1) is 11.1. The minimum absolute atomic E-state index is 0.0544. The molecular formula is C18H24N4O. The minimum atomic E-state index is -0.0544. The molecule has 0 saturated heterocycles. The molecule has 0 atom stereocenters. The number of aromatic nitrogens is 2. The molecule has 0 saturated carbocycles. The van der Waals surface area contributed by atoms with E-state index >= 15 is 0 Å². The summed E-state index contributed by atoms with van der Waals surface area (Å²) in [4.78, 5) is 14.3. The molecule has 1 aliphatic rings. The zero-order chi connectivity index (χ0) is 16.4. The zero-order valence-corrected chi connectivity index (χ0v) is 14.0. The molecular weight excluding hydrogens is 288 g/mol. The second kappa shape index (κ2) is 6.44. The summed E-state index contributed by atoms with van der Waals surface area (Å²) >= 11 is 0. The first-order valence-electron chi connectivity index (χ1n) is 8.27. The van der Waals surface area contributed by atoms with Crippen molar-refractivity contribution < 1.29 is 4.79 Å². The number of anilines is 1. The second-order valence-electron chi connectivity index (χ2n) is 6.33. The highest BCUT2D eigenvalue weighted by Gasteiger charge is 2.23. The number of benzene rings is 1. The molecule has 23 heavy (non-hydrogen) atoms. The summed E-state index contributed by atoms with van der Waals surface area (Å²) in [6.07, 6.45) is 4.47. The summed E-state index contributed by atoms with van der Waals surface area (Å²) in [7, 11) is 0. The molecule has 2 amide bonds. The second-order valence-corrected chi connectivity index (χ2v) is 6.33. The molecule has 3 rings (SSSR count). The van der Waals surface area contributed by atoms with Crippen LogP contribution >= 0.6 is 0 Å². The highest BCUT2D eigenvalue weighted by atomic mass is 16.2. The molecule has 2 heterocycles. The van der Waals surface area contributed by atoms with E-state index in [4.69, 9.17) is 0 Å². The molecule has 5 heteroatoms. The number of rotatable bonds is 3. The normalized spacial score (nSPS) is 14.0. The standard InChI is InChI=1S/C18H24N4O/c1-4-22-12-15(10-19-22)20-18(23)21-9-8-17-14(11-21)6-5-7-16(17)13(2)3/h5-7,10,12-13H,4,8-9,11H2,1-3H3,(H,20,23). The third-order valence-electron chi connectivity index (χ3n) is 4.42. The van der Waals surface area contributed by atoms with E-state index in [-0.39, 0.29) is 6.03 Å². The lowest BCUT2D eigenvalue weighted by atomic mass is 9.89. The van der Waals surface area contributed by atoms with Crippen molar-refractivity contribution in [3.05, 3.63) is 47.3 Å². The molecule has 1 N–H and O–H groups in total. The van der Waals surface area contributed by atoms with Crippen molar-refractivity contribution in [1.82, 2.24) is 14.7 Å². The molecule has 0 spiro atoms. The van der Waals surface area contributed by atoms with E-state index < -0.39 is 0 Å². The van der Waals surface area contributed by atoms with Gasteiger partial charge in [0.15, 0.2) is 0 Å². The van der Waals surface area contributed by atoms with Crippen LogP contribution in [0.15, 0.2) is 30.6 Å². The van der Waals surface area contributed by atoms with Gasteiger partial charge in [0.1, 0.15) is 0 Å². The van der Waals surface area contributed by atoms with Gasteiger partial charge < -0.3 is 10.2 Å². The molecule has 0 fully saturated rings. The Bertz CT molecular complexity index is 705. The van der Waals surface area contributed by atoms with Gasteiger partial charge in [-0.25, -0.2) is 4.79 Å². The van der Waals surface area contributed by atoms with Crippen LogP contribution in [0.5, 0.6) is 0 Å². The summed E-state index contributed by atoms with van der Waals surface area (Å²) in [5.41, 5.74) is 4.84. The van der Waals surface area contributed by atoms with Crippen LogP contribution in [0.3, 0.4) is 0 Å². The summed E-state index contributed by atoms with van der Waals surface area (Å²) in [5.74, 6) is 0.519. The number of nitrogens with zero attached hydrogens (tertiary/aromatic N) is 3. The van der Waals surface area contributed by atoms with Crippen LogP contribution in [-0.4, -0.2) is 27.3 Å². The lowest BCUT2D eigenvalue weighted by Crippen LogP contribution is -2.39. The summed E-state index contributed by atoms with van der Waals surface area (Å²) in [6, 6.07) is 6.39. The van der Waals surface area contributed by atoms with Gasteiger partial charge in [-0.3, -0.25) is 4.68 Å². The molecule has 1 aromatic heterocycles. The lowest BCUT2D eigenvalue weighted by Gasteiger charge is -2.30. The molecule has 1 aromatic carbocycles. The predicted octanol–water partition coefficient (Wildman–Crippen LogP) is 3.62. The van der Waals surface area contributed by atoms with E-state index in [2.05, 4.69) is 42.5 Å². The van der Waals surface area contributed by atoms with E-state index in [1.165, 1.54) is 16.7 Å². The number of carbonyl (C=O) groups excluding carboxylic acids is 1. The fourth-order valence-electron chi connectivity index (χ4n) is 3.16. The van der Waals surface area contributed by atoms with Crippen LogP contribution in [0.4, 0.5) is 10.5 Å². The Morgan fingerprint density at radius 1 is 1.39 bits per heavy atom. The molecule has 0 aliphatic carbocycles. The third-order valence-corrected chi connectivity index (χ3v) is 4.42. The Labute approximate surface area is 137 Å². The topological polar surface area (TPSA) is 50.2 Å². The van der Waals surface area contributed by atoms with Gasteiger partial charge in [-0.05, 0) is 36.0 Å². The molecule has 0 radical (unpaired) electrons. The van der Waals surface area contributed by atoms with Crippen molar-refractivity contribution in [2.75, 3.05) is 11.9 Å². The van der Waals surface area contributed by atoms with E-state index in [0.717, 1.165) is 25.2 Å². The lowest BCUT2D eigenvalue weighted by molar-refractivity contribution is 0.206. The Balaban J connectivity index is 1.71. The monoisotopic (exact) mass is 312 g/mol. The highest BCUT2D eigenvalue weighted by Crippen LogP contribution is 2.27. The van der Waals surface area contributed by atoms with Gasteiger partial charge in [0.05, 0.1) is 11.9 Å². The van der Waals surface area contributed by atoms with Gasteiger partial charge in [0.2, 0.25) is 0 Å². The SMILES string of the molecule is CCn1cc(NC(=O)N2CCc3c(cccc3C(C)C)C2)cn1. The minimum Gasteiger partial charge on any atom is -0.320 e. The fourth-order valence-corrected chi connectivity index (χ4v) is 3.16. The summed E-state index contributed by atoms with van der Waals surface area (Å²) < 4.78 is 1.80. The predicted molar refractivity (Wildman–Crippen MR) is 91.6 cm³/mol. The Morgan fingerprint density at radius 2 is 2.22 bits per heavy atom. The number of hydrogen-bond donors (Lipinski definition) is 1. The Morgan fingerprint density at radius 3 is 2.91 bits per heavy atom. The number of amides is 2. The number of hydrogen-bond acceptors (Lipinski definition) is 2. The molecule has 0 bridgehead atoms. The van der Waals surface area contributed by atoms with Crippen molar-refractivity contribution in [3.8, 4) is 0 Å². The summed E-state index contributed by atoms with van der Waals surface area (Å²) in [5, 5.41) is 7.12. The van der Waals surface area contributed by atoms with Crippen LogP contribution < -0.4 is 5.32 Å². The first-order valence-corrected chi connectivity index (χ1v) is 8.27. The van der Waals surface area contributed by atoms with Crippen molar-refractivity contribution in [1.29, 1.82) is 0 Å². The van der Waals surface area contributed by atoms with E-state index in [1.807, 2.05) is 18.0 Å². The van der Waals surface area contributed by atoms with Gasteiger partial charge in [-0.15, -0.1) is 0 Å². The van der Waals surface area contributed by atoms with Crippen LogP contribution in [0.1, 0.15) is 43.4 Å². The van der Waals surface area contributed by atoms with Crippen molar-refractivity contribution in [3.63, 3.8) is 0 Å². The largest absolute Gasteiger partial charge is 0.322 e. The number of fused-ring (bicyclic) bond motifs is 1. The maximum atomic E-state index is 12.5. The van der Waals surface area contributed by atoms with Crippen LogP contribution in [-0.2, 0) is 19.5 Å². The maximum Gasteiger partial charge on any atom is 0.322 e. The van der Waals surface area contributed by atoms with Crippen LogP contribution in [0.25, 0.3) is 0 Å². The number of aryl methyl sites for hydroxylation is 1. The summed E-state index contributed by atoms with van der Waals surface area (Å²) in [6.45, 7) is 8.69. The molecule has 122 valence electrons. The number of nitrogens with one attached hydrogen (secondary N) is 1. The molecule has 2 aromatic rings. The number of carbonyl (C=O) groups is 1. The van der Waals surface area contributed by atoms with Crippen molar-refractivity contribution in [2.45, 2.75) is 46.2 Å². The van der Waals surface area contributed by atoms with Gasteiger partial charge in [-0.2, -0.15) is 5.10 Å².